The molecule has 1 amide bonds. The Morgan fingerprint density at radius 3 is 3.00 bits per heavy atom. The number of carbonyl (C=O) groups excluding carboxylic acids is 1. The van der Waals surface area contributed by atoms with Crippen LogP contribution in [0.2, 0.25) is 0 Å². The highest BCUT2D eigenvalue weighted by molar-refractivity contribution is 6.06. The lowest BCUT2D eigenvalue weighted by Crippen LogP contribution is -2.14. The number of para-hydroxylation sites is 1. The molecule has 0 atom stereocenters. The number of hydrogen-bond donors (Lipinski definition) is 1. The number of fused-ring (bicyclic) bond motifs is 1. The first-order valence-electron chi connectivity index (χ1n) is 7.02. The van der Waals surface area contributed by atoms with Gasteiger partial charge in [-0.3, -0.25) is 4.79 Å². The molecule has 3 rings (SSSR count). The Morgan fingerprint density at radius 1 is 1.36 bits per heavy atom. The van der Waals surface area contributed by atoms with Gasteiger partial charge in [-0.15, -0.1) is 0 Å². The molecule has 3 aromatic rings. The summed E-state index contributed by atoms with van der Waals surface area (Å²) < 4.78 is 7.11. The van der Waals surface area contributed by atoms with Crippen molar-refractivity contribution in [1.82, 2.24) is 14.6 Å². The molecular weight excluding hydrogens is 280 g/mol. The number of benzene rings is 1. The minimum atomic E-state index is -0.242. The van der Waals surface area contributed by atoms with E-state index in [9.17, 15) is 4.79 Å². The summed E-state index contributed by atoms with van der Waals surface area (Å²) in [5.74, 6) is 0.320. The van der Waals surface area contributed by atoms with Gasteiger partial charge in [0.2, 0.25) is 0 Å². The number of rotatable bonds is 4. The number of hydrogen-bond acceptors (Lipinski definition) is 4. The van der Waals surface area contributed by atoms with E-state index in [-0.39, 0.29) is 5.91 Å². The maximum absolute atomic E-state index is 12.4. The van der Waals surface area contributed by atoms with Gasteiger partial charge >= 0.3 is 0 Å². The van der Waals surface area contributed by atoms with Crippen LogP contribution in [0.5, 0.6) is 5.75 Å². The monoisotopic (exact) mass is 296 g/mol. The standard InChI is InChI=1S/C16H16N4O2/c1-3-22-14-7-5-4-6-13(14)16(21)18-12-9-17-15-8-11(2)19-20(15)10-12/h4-10H,3H2,1-2H3,(H,18,21). The molecule has 6 nitrogen and oxygen atoms in total. The topological polar surface area (TPSA) is 68.5 Å². The van der Waals surface area contributed by atoms with Crippen LogP contribution >= 0.6 is 0 Å². The maximum atomic E-state index is 12.4. The van der Waals surface area contributed by atoms with Gasteiger partial charge in [0.05, 0.1) is 35.9 Å². The molecule has 0 radical (unpaired) electrons. The van der Waals surface area contributed by atoms with Gasteiger partial charge in [0.15, 0.2) is 5.65 Å². The van der Waals surface area contributed by atoms with Crippen LogP contribution in [-0.2, 0) is 0 Å². The van der Waals surface area contributed by atoms with Crippen molar-refractivity contribution in [2.45, 2.75) is 13.8 Å². The third-order valence-electron chi connectivity index (χ3n) is 3.12. The molecule has 2 heterocycles. The average molecular weight is 296 g/mol. The van der Waals surface area contributed by atoms with Crippen molar-refractivity contribution >= 4 is 17.2 Å². The summed E-state index contributed by atoms with van der Waals surface area (Å²) in [6.07, 6.45) is 3.34. The fraction of sp³-hybridized carbons (Fsp3) is 0.188. The van der Waals surface area contributed by atoms with Crippen molar-refractivity contribution in [2.24, 2.45) is 0 Å². The van der Waals surface area contributed by atoms with Gasteiger partial charge in [-0.2, -0.15) is 5.10 Å². The van der Waals surface area contributed by atoms with Crippen LogP contribution in [-0.4, -0.2) is 27.1 Å². The summed E-state index contributed by atoms with van der Waals surface area (Å²) in [6, 6.07) is 9.01. The van der Waals surface area contributed by atoms with Gasteiger partial charge in [0.25, 0.3) is 5.91 Å². The van der Waals surface area contributed by atoms with Crippen LogP contribution in [0, 0.1) is 6.92 Å². The molecule has 0 aliphatic rings. The Bertz CT molecular complexity index is 826. The number of amides is 1. The summed E-state index contributed by atoms with van der Waals surface area (Å²) >= 11 is 0. The summed E-state index contributed by atoms with van der Waals surface area (Å²) in [6.45, 7) is 4.28. The van der Waals surface area contributed by atoms with Crippen LogP contribution in [0.1, 0.15) is 23.0 Å². The first-order chi connectivity index (χ1) is 10.7. The quantitative estimate of drug-likeness (QED) is 0.803. The third kappa shape index (κ3) is 2.76. The van der Waals surface area contributed by atoms with E-state index in [1.54, 1.807) is 35.1 Å². The number of ether oxygens (including phenoxy) is 1. The number of nitrogens with zero attached hydrogens (tertiary/aromatic N) is 3. The predicted molar refractivity (Wildman–Crippen MR) is 83.3 cm³/mol. The van der Waals surface area contributed by atoms with E-state index in [1.165, 1.54) is 0 Å². The number of aromatic nitrogens is 3. The molecule has 1 aromatic carbocycles. The summed E-state index contributed by atoms with van der Waals surface area (Å²) in [4.78, 5) is 16.7. The zero-order chi connectivity index (χ0) is 15.5. The Kier molecular flexibility index (Phi) is 3.74. The first-order valence-corrected chi connectivity index (χ1v) is 7.02. The molecule has 112 valence electrons. The highest BCUT2D eigenvalue weighted by Crippen LogP contribution is 2.19. The SMILES string of the molecule is CCOc1ccccc1C(=O)Nc1cnc2cc(C)nn2c1. The second-order valence-electron chi connectivity index (χ2n) is 4.81. The molecule has 0 fully saturated rings. The highest BCUT2D eigenvalue weighted by Gasteiger charge is 2.12. The molecule has 22 heavy (non-hydrogen) atoms. The van der Waals surface area contributed by atoms with Crippen LogP contribution in [0.4, 0.5) is 5.69 Å². The van der Waals surface area contributed by atoms with Crippen LogP contribution in [0.15, 0.2) is 42.7 Å². The van der Waals surface area contributed by atoms with E-state index < -0.39 is 0 Å². The maximum Gasteiger partial charge on any atom is 0.259 e. The van der Waals surface area contributed by atoms with Crippen molar-refractivity contribution in [3.8, 4) is 5.75 Å². The van der Waals surface area contributed by atoms with Crippen molar-refractivity contribution in [1.29, 1.82) is 0 Å². The van der Waals surface area contributed by atoms with E-state index in [0.717, 1.165) is 11.3 Å². The van der Waals surface area contributed by atoms with E-state index in [1.807, 2.05) is 26.0 Å². The fourth-order valence-electron chi connectivity index (χ4n) is 2.19. The molecule has 0 aliphatic heterocycles. The average Bonchev–Trinajstić information content (AvgIpc) is 2.87. The van der Waals surface area contributed by atoms with Gasteiger partial charge < -0.3 is 10.1 Å². The molecular formula is C16H16N4O2. The van der Waals surface area contributed by atoms with E-state index in [4.69, 9.17) is 4.74 Å². The minimum Gasteiger partial charge on any atom is -0.493 e. The number of anilines is 1. The molecule has 1 N–H and O–H groups in total. The smallest absolute Gasteiger partial charge is 0.259 e. The van der Waals surface area contributed by atoms with Crippen LogP contribution in [0.3, 0.4) is 0 Å². The first kappa shape index (κ1) is 14.1. The zero-order valence-corrected chi connectivity index (χ0v) is 12.4. The predicted octanol–water partition coefficient (Wildman–Crippen LogP) is 2.69. The fourth-order valence-corrected chi connectivity index (χ4v) is 2.19. The van der Waals surface area contributed by atoms with Crippen LogP contribution < -0.4 is 10.1 Å². The van der Waals surface area contributed by atoms with E-state index in [2.05, 4.69) is 15.4 Å². The molecule has 0 spiro atoms. The van der Waals surface area contributed by atoms with E-state index in [0.29, 0.717) is 23.6 Å². The van der Waals surface area contributed by atoms with Gasteiger partial charge in [-0.25, -0.2) is 9.50 Å². The normalized spacial score (nSPS) is 10.6. The molecule has 0 aliphatic carbocycles. The minimum absolute atomic E-state index is 0.242. The van der Waals surface area contributed by atoms with Crippen molar-refractivity contribution in [2.75, 3.05) is 11.9 Å². The summed E-state index contributed by atoms with van der Waals surface area (Å²) in [5, 5.41) is 7.10. The highest BCUT2D eigenvalue weighted by atomic mass is 16.5. The Balaban J connectivity index is 1.86. The second kappa shape index (κ2) is 5.85. The molecule has 0 bridgehead atoms. The number of aryl methyl sites for hydroxylation is 1. The van der Waals surface area contributed by atoms with Gasteiger partial charge in [-0.1, -0.05) is 12.1 Å². The third-order valence-corrected chi connectivity index (χ3v) is 3.12. The molecule has 6 heteroatoms. The number of nitrogens with one attached hydrogen (secondary N) is 1. The summed E-state index contributed by atoms with van der Waals surface area (Å²) in [5.41, 5.74) is 2.68. The van der Waals surface area contributed by atoms with Crippen molar-refractivity contribution in [3.05, 3.63) is 54.0 Å². The lowest BCUT2D eigenvalue weighted by atomic mass is 10.2. The lowest BCUT2D eigenvalue weighted by Gasteiger charge is -2.10. The molecule has 0 saturated heterocycles. The van der Waals surface area contributed by atoms with E-state index >= 15 is 0 Å². The lowest BCUT2D eigenvalue weighted by molar-refractivity contribution is 0.102. The van der Waals surface area contributed by atoms with Crippen LogP contribution in [0.25, 0.3) is 5.65 Å². The zero-order valence-electron chi connectivity index (χ0n) is 12.4. The Hall–Kier alpha value is -2.89. The number of carbonyl (C=O) groups is 1. The molecule has 2 aromatic heterocycles. The summed E-state index contributed by atoms with van der Waals surface area (Å²) in [7, 11) is 0. The van der Waals surface area contributed by atoms with Gasteiger partial charge in [0, 0.05) is 6.07 Å². The largest absolute Gasteiger partial charge is 0.493 e. The van der Waals surface area contributed by atoms with Gasteiger partial charge in [0.1, 0.15) is 5.75 Å². The van der Waals surface area contributed by atoms with Crippen molar-refractivity contribution in [3.63, 3.8) is 0 Å². The Labute approximate surface area is 127 Å². The second-order valence-corrected chi connectivity index (χ2v) is 4.81. The molecule has 0 saturated carbocycles. The molecule has 0 unspecified atom stereocenters. The Morgan fingerprint density at radius 2 is 2.18 bits per heavy atom. The van der Waals surface area contributed by atoms with Gasteiger partial charge in [-0.05, 0) is 26.0 Å². The van der Waals surface area contributed by atoms with Crippen molar-refractivity contribution < 1.29 is 9.53 Å².